The van der Waals surface area contributed by atoms with E-state index in [1.165, 1.54) is 12.0 Å². The predicted molar refractivity (Wildman–Crippen MR) is 111 cm³/mol. The molecular formula is C25H25NO3. The molecule has 0 bridgehead atoms. The van der Waals surface area contributed by atoms with Crippen LogP contribution in [-0.4, -0.2) is 11.1 Å². The third-order valence-corrected chi connectivity index (χ3v) is 6.76. The van der Waals surface area contributed by atoms with E-state index in [0.717, 1.165) is 12.8 Å². The van der Waals surface area contributed by atoms with E-state index in [0.29, 0.717) is 17.1 Å². The molecule has 29 heavy (non-hydrogen) atoms. The fourth-order valence-corrected chi connectivity index (χ4v) is 4.87. The van der Waals surface area contributed by atoms with Gasteiger partial charge in [-0.15, -0.1) is 0 Å². The van der Waals surface area contributed by atoms with Gasteiger partial charge in [-0.1, -0.05) is 55.8 Å². The summed E-state index contributed by atoms with van der Waals surface area (Å²) in [5, 5.41) is 20.3. The van der Waals surface area contributed by atoms with Gasteiger partial charge in [-0.2, -0.15) is 5.26 Å². The van der Waals surface area contributed by atoms with Crippen LogP contribution in [-0.2, 0) is 4.79 Å². The van der Waals surface area contributed by atoms with E-state index in [9.17, 15) is 15.2 Å². The number of rotatable bonds is 6. The first kappa shape index (κ1) is 19.3. The zero-order chi connectivity index (χ0) is 20.6. The van der Waals surface area contributed by atoms with E-state index in [4.69, 9.17) is 4.74 Å². The Morgan fingerprint density at radius 2 is 1.86 bits per heavy atom. The molecular weight excluding hydrogens is 362 g/mol. The van der Waals surface area contributed by atoms with Crippen molar-refractivity contribution in [2.75, 3.05) is 0 Å². The number of ether oxygens (including phenoxy) is 1. The molecule has 4 rings (SSSR count). The first-order chi connectivity index (χ1) is 13.9. The van der Waals surface area contributed by atoms with Gasteiger partial charge in [0.05, 0.1) is 12.0 Å². The average Bonchev–Trinajstić information content (AvgIpc) is 3.16. The number of nitriles is 1. The number of allylic oxidation sites excluding steroid dienone is 2. The molecule has 1 N–H and O–H groups in total. The Hall–Kier alpha value is -3.06. The highest BCUT2D eigenvalue weighted by molar-refractivity contribution is 5.84. The van der Waals surface area contributed by atoms with Crippen LogP contribution in [0.15, 0.2) is 66.2 Å². The largest absolute Gasteiger partial charge is 0.481 e. The maximum absolute atomic E-state index is 12.5. The molecule has 0 aromatic heterocycles. The van der Waals surface area contributed by atoms with Crippen LogP contribution in [0.2, 0.25) is 0 Å². The summed E-state index contributed by atoms with van der Waals surface area (Å²) < 4.78 is 5.91. The summed E-state index contributed by atoms with van der Waals surface area (Å²) >= 11 is 0. The molecule has 2 aromatic rings. The Bertz CT molecular complexity index is 996. The number of carbonyl (C=O) groups is 1. The van der Waals surface area contributed by atoms with Gasteiger partial charge in [0.25, 0.3) is 0 Å². The molecule has 4 nitrogen and oxygen atoms in total. The minimum atomic E-state index is -1.13. The normalized spacial score (nSPS) is 25.3. The molecule has 2 aliphatic rings. The summed E-state index contributed by atoms with van der Waals surface area (Å²) in [7, 11) is 0. The minimum Gasteiger partial charge on any atom is -0.481 e. The van der Waals surface area contributed by atoms with E-state index in [1.54, 1.807) is 6.07 Å². The van der Waals surface area contributed by atoms with Gasteiger partial charge in [0, 0.05) is 5.92 Å². The lowest BCUT2D eigenvalue weighted by molar-refractivity contribution is -0.145. The number of carboxylic acid groups (broad SMARTS) is 1. The van der Waals surface area contributed by atoms with Crippen molar-refractivity contribution < 1.29 is 14.6 Å². The van der Waals surface area contributed by atoms with Crippen molar-refractivity contribution >= 4 is 5.97 Å². The third-order valence-electron chi connectivity index (χ3n) is 6.76. The second-order valence-corrected chi connectivity index (χ2v) is 8.60. The van der Waals surface area contributed by atoms with Crippen LogP contribution in [0.3, 0.4) is 0 Å². The van der Waals surface area contributed by atoms with Gasteiger partial charge in [-0.25, -0.2) is 0 Å². The van der Waals surface area contributed by atoms with Gasteiger partial charge in [0.2, 0.25) is 0 Å². The van der Waals surface area contributed by atoms with Gasteiger partial charge >= 0.3 is 5.97 Å². The third kappa shape index (κ3) is 3.02. The van der Waals surface area contributed by atoms with Crippen LogP contribution < -0.4 is 4.74 Å². The molecule has 3 unspecified atom stereocenters. The summed E-state index contributed by atoms with van der Waals surface area (Å²) in [5.74, 6) is -0.501. The van der Waals surface area contributed by atoms with E-state index < -0.39 is 22.7 Å². The smallest absolute Gasteiger partial charge is 0.312 e. The number of aliphatic carboxylic acids is 1. The van der Waals surface area contributed by atoms with Crippen molar-refractivity contribution in [3.63, 3.8) is 0 Å². The van der Waals surface area contributed by atoms with Crippen molar-refractivity contribution in [1.82, 2.24) is 0 Å². The Morgan fingerprint density at radius 3 is 2.45 bits per heavy atom. The van der Waals surface area contributed by atoms with Crippen molar-refractivity contribution in [3.8, 4) is 17.6 Å². The topological polar surface area (TPSA) is 70.3 Å². The molecule has 3 atom stereocenters. The first-order valence-corrected chi connectivity index (χ1v) is 10.1. The van der Waals surface area contributed by atoms with Crippen LogP contribution >= 0.6 is 0 Å². The van der Waals surface area contributed by atoms with E-state index in [2.05, 4.69) is 12.1 Å². The highest BCUT2D eigenvalue weighted by Crippen LogP contribution is 2.75. The zero-order valence-corrected chi connectivity index (χ0v) is 16.8. The van der Waals surface area contributed by atoms with E-state index in [-0.39, 0.29) is 5.92 Å². The number of nitrogens with zero attached hydrogens (tertiary/aromatic N) is 1. The molecule has 0 saturated heterocycles. The summed E-state index contributed by atoms with van der Waals surface area (Å²) in [5.41, 5.74) is 0.392. The maximum atomic E-state index is 12.5. The molecule has 4 heteroatoms. The number of benzene rings is 2. The molecule has 2 saturated carbocycles. The SMILES string of the molecule is CC1(C)C(C=C2CCC2)C1(C(=O)O)C(C#N)c1cccc(Oc2ccccc2)c1. The molecule has 0 amide bonds. The van der Waals surface area contributed by atoms with Crippen molar-refractivity contribution in [3.05, 3.63) is 71.8 Å². The molecule has 2 fully saturated rings. The molecule has 2 aromatic carbocycles. The van der Waals surface area contributed by atoms with Crippen molar-refractivity contribution in [2.24, 2.45) is 16.7 Å². The van der Waals surface area contributed by atoms with Crippen molar-refractivity contribution in [1.29, 1.82) is 5.26 Å². The van der Waals surface area contributed by atoms with Gasteiger partial charge in [-0.3, -0.25) is 4.79 Å². The lowest BCUT2D eigenvalue weighted by Crippen LogP contribution is -2.28. The van der Waals surface area contributed by atoms with Gasteiger partial charge in [0.15, 0.2) is 0 Å². The van der Waals surface area contributed by atoms with Gasteiger partial charge in [0.1, 0.15) is 16.9 Å². The van der Waals surface area contributed by atoms with E-state index in [1.807, 2.05) is 62.4 Å². The first-order valence-electron chi connectivity index (χ1n) is 10.1. The van der Waals surface area contributed by atoms with Crippen LogP contribution in [0.4, 0.5) is 0 Å². The van der Waals surface area contributed by atoms with Crippen LogP contribution in [0, 0.1) is 28.1 Å². The lowest BCUT2D eigenvalue weighted by atomic mass is 9.78. The van der Waals surface area contributed by atoms with E-state index >= 15 is 0 Å². The van der Waals surface area contributed by atoms with Crippen molar-refractivity contribution in [2.45, 2.75) is 39.0 Å². The standard InChI is InChI=1S/C25H25NO3/c1-24(2)22(14-17-8-6-9-17)25(24,23(27)28)21(16-26)18-10-7-13-20(15-18)29-19-11-4-3-5-12-19/h3-5,7,10-15,21-22H,6,8-9H2,1-2H3,(H,27,28). The molecule has 0 radical (unpaired) electrons. The fraction of sp³-hybridized carbons (Fsp3) is 0.360. The number of hydrogen-bond acceptors (Lipinski definition) is 3. The van der Waals surface area contributed by atoms with Crippen LogP contribution in [0.1, 0.15) is 44.6 Å². The maximum Gasteiger partial charge on any atom is 0.312 e. The second kappa shape index (κ2) is 7.08. The molecule has 148 valence electrons. The average molecular weight is 387 g/mol. The summed E-state index contributed by atoms with van der Waals surface area (Å²) in [6.45, 7) is 3.94. The summed E-state index contributed by atoms with van der Waals surface area (Å²) in [6.07, 6.45) is 5.38. The Labute approximate surface area is 171 Å². The summed E-state index contributed by atoms with van der Waals surface area (Å²) in [6, 6.07) is 19.0. The molecule has 2 aliphatic carbocycles. The monoisotopic (exact) mass is 387 g/mol. The number of para-hydroxylation sites is 1. The van der Waals surface area contributed by atoms with Crippen LogP contribution in [0.5, 0.6) is 11.5 Å². The predicted octanol–water partition coefficient (Wildman–Crippen LogP) is 5.92. The number of hydrogen-bond donors (Lipinski definition) is 1. The zero-order valence-electron chi connectivity index (χ0n) is 16.8. The quantitative estimate of drug-likeness (QED) is 0.624. The molecule has 0 aliphatic heterocycles. The minimum absolute atomic E-state index is 0.147. The van der Waals surface area contributed by atoms with Crippen LogP contribution in [0.25, 0.3) is 0 Å². The fourth-order valence-electron chi connectivity index (χ4n) is 4.87. The summed E-state index contributed by atoms with van der Waals surface area (Å²) in [4.78, 5) is 12.5. The number of carboxylic acids is 1. The molecule has 0 spiro atoms. The Morgan fingerprint density at radius 1 is 1.17 bits per heavy atom. The Kier molecular flexibility index (Phi) is 4.70. The lowest BCUT2D eigenvalue weighted by Gasteiger charge is -2.23. The highest BCUT2D eigenvalue weighted by atomic mass is 16.5. The van der Waals surface area contributed by atoms with Gasteiger partial charge < -0.3 is 9.84 Å². The molecule has 0 heterocycles. The van der Waals surface area contributed by atoms with Gasteiger partial charge in [-0.05, 0) is 54.5 Å². The second-order valence-electron chi connectivity index (χ2n) is 8.60. The Balaban J connectivity index is 1.70. The highest BCUT2D eigenvalue weighted by Gasteiger charge is 2.78.